The second kappa shape index (κ2) is 9.97. The molecule has 2 N–H and O–H groups in total. The summed E-state index contributed by atoms with van der Waals surface area (Å²) < 4.78 is 5.14. The van der Waals surface area contributed by atoms with Gasteiger partial charge in [-0.3, -0.25) is 4.79 Å². The van der Waals surface area contributed by atoms with Crippen molar-refractivity contribution in [1.29, 1.82) is 0 Å². The second-order valence-electron chi connectivity index (χ2n) is 7.35. The van der Waals surface area contributed by atoms with Crippen molar-refractivity contribution < 1.29 is 14.3 Å². The van der Waals surface area contributed by atoms with E-state index in [0.717, 1.165) is 23.6 Å². The van der Waals surface area contributed by atoms with Crippen molar-refractivity contribution in [2.24, 2.45) is 0 Å². The number of nitrogens with zero attached hydrogens (tertiary/aromatic N) is 3. The summed E-state index contributed by atoms with van der Waals surface area (Å²) in [6, 6.07) is 14.0. The molecule has 1 aliphatic rings. The van der Waals surface area contributed by atoms with Gasteiger partial charge in [0.25, 0.3) is 5.91 Å². The van der Waals surface area contributed by atoms with Crippen LogP contribution in [0.25, 0.3) is 0 Å². The molecule has 1 fully saturated rings. The highest BCUT2D eigenvalue weighted by Gasteiger charge is 2.28. The van der Waals surface area contributed by atoms with Crippen LogP contribution < -0.4 is 15.4 Å². The van der Waals surface area contributed by atoms with Crippen molar-refractivity contribution in [2.75, 3.05) is 30.8 Å². The highest BCUT2D eigenvalue weighted by molar-refractivity contribution is 7.13. The third-order valence-electron chi connectivity index (χ3n) is 5.12. The van der Waals surface area contributed by atoms with Gasteiger partial charge < -0.3 is 20.3 Å². The van der Waals surface area contributed by atoms with E-state index in [1.165, 1.54) is 11.3 Å². The van der Waals surface area contributed by atoms with E-state index in [4.69, 9.17) is 16.3 Å². The minimum atomic E-state index is -0.332. The number of benzene rings is 2. The molecule has 10 heteroatoms. The van der Waals surface area contributed by atoms with Crippen molar-refractivity contribution in [2.45, 2.75) is 18.8 Å². The second-order valence-corrected chi connectivity index (χ2v) is 8.80. The molecule has 166 valence electrons. The molecule has 3 aromatic rings. The van der Waals surface area contributed by atoms with E-state index in [0.29, 0.717) is 29.5 Å². The summed E-state index contributed by atoms with van der Waals surface area (Å²) in [4.78, 5) is 27.0. The Bertz CT molecular complexity index is 1100. The number of amides is 3. The molecule has 0 radical (unpaired) electrons. The molecule has 1 aliphatic heterocycles. The zero-order valence-electron chi connectivity index (χ0n) is 17.4. The number of rotatable bonds is 5. The number of anilines is 2. The molecule has 3 amide bonds. The number of aromatic nitrogens is 2. The Morgan fingerprint density at radius 1 is 1.12 bits per heavy atom. The van der Waals surface area contributed by atoms with Gasteiger partial charge in [0.1, 0.15) is 10.8 Å². The molecule has 0 spiro atoms. The molecule has 32 heavy (non-hydrogen) atoms. The predicted molar refractivity (Wildman–Crippen MR) is 125 cm³/mol. The lowest BCUT2D eigenvalue weighted by atomic mass is 9.99. The standard InChI is InChI=1S/C22H22ClN5O3S/c1-31-18-9-7-16(8-10-18)25-22(30)28-11-3-4-14(13-28)20-26-27-21(32-20)19(29)24-17-6-2-5-15(23)12-17/h2,5-10,12,14H,3-4,11,13H2,1H3,(H,24,29)(H,25,30)/t14-/m1/s1. The number of nitrogens with one attached hydrogen (secondary N) is 2. The molecular weight excluding hydrogens is 450 g/mol. The number of carbonyl (C=O) groups excluding carboxylic acids is 2. The normalized spacial score (nSPS) is 15.8. The average Bonchev–Trinajstić information content (AvgIpc) is 3.30. The van der Waals surface area contributed by atoms with Crippen molar-refractivity contribution in [1.82, 2.24) is 15.1 Å². The summed E-state index contributed by atoms with van der Waals surface area (Å²) in [5.74, 6) is 0.434. The smallest absolute Gasteiger partial charge is 0.321 e. The lowest BCUT2D eigenvalue weighted by molar-refractivity contribution is 0.102. The number of piperidine rings is 1. The van der Waals surface area contributed by atoms with E-state index in [2.05, 4.69) is 20.8 Å². The number of hydrogen-bond donors (Lipinski definition) is 2. The topological polar surface area (TPSA) is 96.4 Å². The Morgan fingerprint density at radius 2 is 1.94 bits per heavy atom. The van der Waals surface area contributed by atoms with Crippen LogP contribution in [0.5, 0.6) is 5.75 Å². The van der Waals surface area contributed by atoms with E-state index in [1.54, 1.807) is 60.5 Å². The lowest BCUT2D eigenvalue weighted by Gasteiger charge is -2.31. The third-order valence-corrected chi connectivity index (χ3v) is 6.44. The SMILES string of the molecule is COc1ccc(NC(=O)N2CCC[C@@H](c3nnc(C(=O)Nc4cccc(Cl)c4)s3)C2)cc1. The summed E-state index contributed by atoms with van der Waals surface area (Å²) in [5.41, 5.74) is 1.30. The van der Waals surface area contributed by atoms with Crippen molar-refractivity contribution >= 4 is 46.3 Å². The molecule has 2 aromatic carbocycles. The van der Waals surface area contributed by atoms with E-state index in [9.17, 15) is 9.59 Å². The monoisotopic (exact) mass is 471 g/mol. The molecule has 0 bridgehead atoms. The van der Waals surface area contributed by atoms with Gasteiger partial charge in [-0.25, -0.2) is 4.79 Å². The highest BCUT2D eigenvalue weighted by Crippen LogP contribution is 2.30. The van der Waals surface area contributed by atoms with Gasteiger partial charge in [0, 0.05) is 35.4 Å². The zero-order valence-corrected chi connectivity index (χ0v) is 18.9. The van der Waals surface area contributed by atoms with Crippen LogP contribution in [0.15, 0.2) is 48.5 Å². The van der Waals surface area contributed by atoms with Gasteiger partial charge in [-0.15, -0.1) is 10.2 Å². The average molecular weight is 472 g/mol. The molecule has 1 aromatic heterocycles. The van der Waals surface area contributed by atoms with Crippen LogP contribution in [0.1, 0.15) is 33.6 Å². The number of urea groups is 1. The minimum Gasteiger partial charge on any atom is -0.497 e. The molecule has 0 unspecified atom stereocenters. The summed E-state index contributed by atoms with van der Waals surface area (Å²) in [6.07, 6.45) is 1.74. The fourth-order valence-corrected chi connectivity index (χ4v) is 4.54. The Kier molecular flexibility index (Phi) is 6.87. The zero-order chi connectivity index (χ0) is 22.5. The van der Waals surface area contributed by atoms with E-state index in [1.807, 2.05) is 0 Å². The predicted octanol–water partition coefficient (Wildman–Crippen LogP) is 4.86. The van der Waals surface area contributed by atoms with Crippen LogP contribution in [0.4, 0.5) is 16.2 Å². The van der Waals surface area contributed by atoms with E-state index < -0.39 is 0 Å². The van der Waals surface area contributed by atoms with Crippen molar-refractivity contribution in [3.8, 4) is 5.75 Å². The van der Waals surface area contributed by atoms with Gasteiger partial charge in [0.15, 0.2) is 0 Å². The van der Waals surface area contributed by atoms with Gasteiger partial charge in [0.2, 0.25) is 5.01 Å². The summed E-state index contributed by atoms with van der Waals surface area (Å²) in [7, 11) is 1.60. The molecule has 0 saturated carbocycles. The van der Waals surface area contributed by atoms with E-state index >= 15 is 0 Å². The Hall–Kier alpha value is -3.17. The van der Waals surface area contributed by atoms with Gasteiger partial charge in [-0.2, -0.15) is 0 Å². The number of methoxy groups -OCH3 is 1. The first-order chi connectivity index (χ1) is 15.5. The molecule has 1 saturated heterocycles. The van der Waals surface area contributed by atoms with Crippen LogP contribution in [-0.4, -0.2) is 47.2 Å². The van der Waals surface area contributed by atoms with Gasteiger partial charge >= 0.3 is 6.03 Å². The highest BCUT2D eigenvalue weighted by atomic mass is 35.5. The number of carbonyl (C=O) groups is 2. The van der Waals surface area contributed by atoms with Gasteiger partial charge in [0.05, 0.1) is 7.11 Å². The maximum Gasteiger partial charge on any atom is 0.321 e. The number of hydrogen-bond acceptors (Lipinski definition) is 6. The molecule has 8 nitrogen and oxygen atoms in total. The molecule has 0 aliphatic carbocycles. The summed E-state index contributed by atoms with van der Waals surface area (Å²) in [6.45, 7) is 1.19. The Labute approximate surface area is 194 Å². The Balaban J connectivity index is 1.37. The quantitative estimate of drug-likeness (QED) is 0.553. The fraction of sp³-hybridized carbons (Fsp3) is 0.273. The van der Waals surface area contributed by atoms with Crippen molar-refractivity contribution in [3.63, 3.8) is 0 Å². The first-order valence-corrected chi connectivity index (χ1v) is 11.3. The largest absolute Gasteiger partial charge is 0.497 e. The summed E-state index contributed by atoms with van der Waals surface area (Å²) >= 11 is 7.22. The maximum absolute atomic E-state index is 12.7. The molecule has 1 atom stereocenters. The summed E-state index contributed by atoms with van der Waals surface area (Å²) in [5, 5.41) is 15.5. The minimum absolute atomic E-state index is 0.0376. The molecule has 2 heterocycles. The first kappa shape index (κ1) is 22.0. The van der Waals surface area contributed by atoms with Gasteiger partial charge in [-0.05, 0) is 55.3 Å². The van der Waals surface area contributed by atoms with Crippen molar-refractivity contribution in [3.05, 3.63) is 63.6 Å². The lowest BCUT2D eigenvalue weighted by Crippen LogP contribution is -2.41. The Morgan fingerprint density at radius 3 is 2.69 bits per heavy atom. The van der Waals surface area contributed by atoms with Crippen LogP contribution in [-0.2, 0) is 0 Å². The first-order valence-electron chi connectivity index (χ1n) is 10.1. The van der Waals surface area contributed by atoms with Crippen LogP contribution >= 0.6 is 22.9 Å². The van der Waals surface area contributed by atoms with E-state index in [-0.39, 0.29) is 22.9 Å². The maximum atomic E-state index is 12.7. The number of ether oxygens (including phenoxy) is 1. The van der Waals surface area contributed by atoms with Crippen LogP contribution in [0, 0.1) is 0 Å². The van der Waals surface area contributed by atoms with Gasteiger partial charge in [-0.1, -0.05) is 29.0 Å². The third kappa shape index (κ3) is 5.35. The van der Waals surface area contributed by atoms with Crippen LogP contribution in [0.3, 0.4) is 0 Å². The molecule has 4 rings (SSSR count). The fourth-order valence-electron chi connectivity index (χ4n) is 3.48. The van der Waals surface area contributed by atoms with Crippen LogP contribution in [0.2, 0.25) is 5.02 Å². The molecular formula is C22H22ClN5O3S. The number of likely N-dealkylation sites (tertiary alicyclic amines) is 1. The number of halogens is 1.